The molecule has 1 N–H and O–H groups in total. The number of benzene rings is 2. The molecule has 0 spiro atoms. The van der Waals surface area contributed by atoms with Gasteiger partial charge in [0.1, 0.15) is 5.75 Å². The van der Waals surface area contributed by atoms with E-state index >= 15 is 0 Å². The molecule has 0 radical (unpaired) electrons. The van der Waals surface area contributed by atoms with Gasteiger partial charge in [-0.25, -0.2) is 8.42 Å². The number of rotatable bonds is 6. The molecule has 2 amide bonds. The Morgan fingerprint density at radius 1 is 1.18 bits per heavy atom. The molecule has 4 rings (SSSR count). The normalized spacial score (nSPS) is 20.6. The van der Waals surface area contributed by atoms with Crippen molar-refractivity contribution in [3.63, 3.8) is 0 Å². The van der Waals surface area contributed by atoms with Gasteiger partial charge in [0, 0.05) is 31.7 Å². The predicted octanol–water partition coefficient (Wildman–Crippen LogP) is 3.42. The van der Waals surface area contributed by atoms with E-state index in [2.05, 4.69) is 5.32 Å². The van der Waals surface area contributed by atoms with Crippen LogP contribution in [-0.2, 0) is 26.0 Å². The molecule has 0 saturated carbocycles. The largest absolute Gasteiger partial charge is 0.492 e. The minimum Gasteiger partial charge on any atom is -0.492 e. The van der Waals surface area contributed by atoms with Gasteiger partial charge in [-0.05, 0) is 69.0 Å². The zero-order valence-corrected chi connectivity index (χ0v) is 20.6. The zero-order valence-electron chi connectivity index (χ0n) is 19.8. The lowest BCUT2D eigenvalue weighted by Crippen LogP contribution is -2.43. The SMILES string of the molecule is CCOc1ccccc1NC(=O)[C@@H]1CCCN(S(=O)(=O)c2ccc3c(c2)C[C@@H](C)N3C(C)=O)C1. The van der Waals surface area contributed by atoms with Crippen LogP contribution in [0, 0.1) is 5.92 Å². The van der Waals surface area contributed by atoms with Gasteiger partial charge in [0.2, 0.25) is 21.8 Å². The Balaban J connectivity index is 1.50. The lowest BCUT2D eigenvalue weighted by Gasteiger charge is -2.31. The van der Waals surface area contributed by atoms with Crippen molar-refractivity contribution in [1.29, 1.82) is 0 Å². The van der Waals surface area contributed by atoms with E-state index in [0.717, 1.165) is 11.3 Å². The fourth-order valence-corrected chi connectivity index (χ4v) is 6.43. The molecule has 2 heterocycles. The van der Waals surface area contributed by atoms with Crippen molar-refractivity contribution in [2.24, 2.45) is 5.92 Å². The first-order chi connectivity index (χ1) is 16.2. The van der Waals surface area contributed by atoms with Gasteiger partial charge in [0.05, 0.1) is 23.1 Å². The first-order valence-electron chi connectivity index (χ1n) is 11.7. The number of carbonyl (C=O) groups excluding carboxylic acids is 2. The average Bonchev–Trinajstić information content (AvgIpc) is 3.15. The molecular formula is C25H31N3O5S. The van der Waals surface area contributed by atoms with Gasteiger partial charge >= 0.3 is 0 Å². The van der Waals surface area contributed by atoms with Gasteiger partial charge in [0.25, 0.3) is 0 Å². The molecule has 9 heteroatoms. The summed E-state index contributed by atoms with van der Waals surface area (Å²) >= 11 is 0. The molecule has 2 aliphatic rings. The number of carbonyl (C=O) groups is 2. The summed E-state index contributed by atoms with van der Waals surface area (Å²) in [5.41, 5.74) is 2.20. The molecular weight excluding hydrogens is 454 g/mol. The van der Waals surface area contributed by atoms with Crippen LogP contribution in [0.25, 0.3) is 0 Å². The molecule has 0 aromatic heterocycles. The summed E-state index contributed by atoms with van der Waals surface area (Å²) in [5.74, 6) is -0.143. The van der Waals surface area contributed by atoms with E-state index in [-0.39, 0.29) is 29.3 Å². The van der Waals surface area contributed by atoms with E-state index in [4.69, 9.17) is 4.74 Å². The van der Waals surface area contributed by atoms with Crippen LogP contribution < -0.4 is 15.0 Å². The van der Waals surface area contributed by atoms with E-state index in [1.807, 2.05) is 26.0 Å². The lowest BCUT2D eigenvalue weighted by molar-refractivity contribution is -0.121. The number of nitrogens with one attached hydrogen (secondary N) is 1. The fourth-order valence-electron chi connectivity index (χ4n) is 4.86. The molecule has 8 nitrogen and oxygen atoms in total. The standard InChI is InChI=1S/C25H31N3O5S/c1-4-33-24-10-6-5-9-22(24)26-25(30)19-8-7-13-27(16-19)34(31,32)21-11-12-23-20(15-21)14-17(2)28(23)18(3)29/h5-6,9-12,15,17,19H,4,7-8,13-14,16H2,1-3H3,(H,26,30)/t17-,19-/m1/s1. The van der Waals surface area contributed by atoms with E-state index in [0.29, 0.717) is 43.9 Å². The maximum atomic E-state index is 13.4. The van der Waals surface area contributed by atoms with Crippen LogP contribution in [0.3, 0.4) is 0 Å². The third kappa shape index (κ3) is 4.67. The van der Waals surface area contributed by atoms with Gasteiger partial charge in [-0.15, -0.1) is 0 Å². The number of para-hydroxylation sites is 2. The van der Waals surface area contributed by atoms with E-state index < -0.39 is 15.9 Å². The van der Waals surface area contributed by atoms with Crippen LogP contribution >= 0.6 is 0 Å². The van der Waals surface area contributed by atoms with Gasteiger partial charge in [-0.1, -0.05) is 12.1 Å². The average molecular weight is 486 g/mol. The van der Waals surface area contributed by atoms with Gasteiger partial charge in [-0.3, -0.25) is 9.59 Å². The third-order valence-corrected chi connectivity index (χ3v) is 8.30. The van der Waals surface area contributed by atoms with Gasteiger partial charge in [-0.2, -0.15) is 4.31 Å². The number of hydrogen-bond donors (Lipinski definition) is 1. The summed E-state index contributed by atoms with van der Waals surface area (Å²) in [6.45, 7) is 6.31. The van der Waals surface area contributed by atoms with Crippen LogP contribution in [0.5, 0.6) is 5.75 Å². The number of ether oxygens (including phenoxy) is 1. The van der Waals surface area contributed by atoms with Crippen LogP contribution in [-0.4, -0.2) is 50.3 Å². The second-order valence-electron chi connectivity index (χ2n) is 8.85. The maximum Gasteiger partial charge on any atom is 0.243 e. The Hall–Kier alpha value is -2.91. The number of nitrogens with zero attached hydrogens (tertiary/aromatic N) is 2. The number of sulfonamides is 1. The Morgan fingerprint density at radius 2 is 1.94 bits per heavy atom. The van der Waals surface area contributed by atoms with Crippen molar-refractivity contribution in [1.82, 2.24) is 4.31 Å². The highest BCUT2D eigenvalue weighted by Gasteiger charge is 2.35. The van der Waals surface area contributed by atoms with E-state index in [1.54, 1.807) is 35.2 Å². The van der Waals surface area contributed by atoms with Crippen molar-refractivity contribution in [3.8, 4) is 5.75 Å². The van der Waals surface area contributed by atoms with Gasteiger partial charge < -0.3 is 15.0 Å². The van der Waals surface area contributed by atoms with Crippen molar-refractivity contribution < 1.29 is 22.7 Å². The first-order valence-corrected chi connectivity index (χ1v) is 13.1. The first kappa shape index (κ1) is 24.2. The molecule has 182 valence electrons. The number of hydrogen-bond acceptors (Lipinski definition) is 5. The minimum atomic E-state index is -3.77. The predicted molar refractivity (Wildman–Crippen MR) is 130 cm³/mol. The third-order valence-electron chi connectivity index (χ3n) is 6.44. The molecule has 2 aromatic rings. The summed E-state index contributed by atoms with van der Waals surface area (Å²) in [6.07, 6.45) is 1.83. The van der Waals surface area contributed by atoms with Crippen molar-refractivity contribution in [2.45, 2.75) is 51.0 Å². The molecule has 0 bridgehead atoms. The Bertz CT molecular complexity index is 1200. The van der Waals surface area contributed by atoms with Gasteiger partial charge in [0.15, 0.2) is 0 Å². The summed E-state index contributed by atoms with van der Waals surface area (Å²) < 4.78 is 33.9. The van der Waals surface area contributed by atoms with Crippen molar-refractivity contribution >= 4 is 33.2 Å². The Labute approximate surface area is 200 Å². The fraction of sp³-hybridized carbons (Fsp3) is 0.440. The van der Waals surface area contributed by atoms with Crippen LogP contribution in [0.15, 0.2) is 47.4 Å². The maximum absolute atomic E-state index is 13.4. The lowest BCUT2D eigenvalue weighted by atomic mass is 9.98. The molecule has 34 heavy (non-hydrogen) atoms. The van der Waals surface area contributed by atoms with E-state index in [9.17, 15) is 18.0 Å². The summed E-state index contributed by atoms with van der Waals surface area (Å²) in [6, 6.07) is 12.2. The smallest absolute Gasteiger partial charge is 0.243 e. The van der Waals surface area contributed by atoms with E-state index in [1.165, 1.54) is 11.2 Å². The van der Waals surface area contributed by atoms with Crippen molar-refractivity contribution in [3.05, 3.63) is 48.0 Å². The number of fused-ring (bicyclic) bond motifs is 1. The summed E-state index contributed by atoms with van der Waals surface area (Å²) in [7, 11) is -3.77. The summed E-state index contributed by atoms with van der Waals surface area (Å²) in [4.78, 5) is 26.9. The Morgan fingerprint density at radius 3 is 2.68 bits per heavy atom. The highest BCUT2D eigenvalue weighted by Crippen LogP contribution is 2.35. The molecule has 1 fully saturated rings. The van der Waals surface area contributed by atoms with Crippen LogP contribution in [0.4, 0.5) is 11.4 Å². The topological polar surface area (TPSA) is 96.0 Å². The number of anilines is 2. The summed E-state index contributed by atoms with van der Waals surface area (Å²) in [5, 5.41) is 2.91. The Kier molecular flexibility index (Phi) is 6.95. The highest BCUT2D eigenvalue weighted by atomic mass is 32.2. The zero-order chi connectivity index (χ0) is 24.5. The molecule has 2 atom stereocenters. The quantitative estimate of drug-likeness (QED) is 0.676. The molecule has 2 aromatic carbocycles. The molecule has 1 saturated heterocycles. The number of amides is 2. The molecule has 2 aliphatic heterocycles. The monoisotopic (exact) mass is 485 g/mol. The van der Waals surface area contributed by atoms with Crippen LogP contribution in [0.2, 0.25) is 0 Å². The minimum absolute atomic E-state index is 0.00641. The molecule has 0 unspecified atom stereocenters. The van der Waals surface area contributed by atoms with Crippen molar-refractivity contribution in [2.75, 3.05) is 29.9 Å². The number of piperidine rings is 1. The second kappa shape index (κ2) is 9.76. The molecule has 0 aliphatic carbocycles. The highest BCUT2D eigenvalue weighted by molar-refractivity contribution is 7.89. The second-order valence-corrected chi connectivity index (χ2v) is 10.8. The van der Waals surface area contributed by atoms with Crippen LogP contribution in [0.1, 0.15) is 39.2 Å².